The molecule has 0 aliphatic carbocycles. The van der Waals surface area contributed by atoms with Gasteiger partial charge in [0.2, 0.25) is 0 Å². The minimum absolute atomic E-state index is 0.0342. The van der Waals surface area contributed by atoms with Crippen LogP contribution in [0.1, 0.15) is 25.5 Å². The molecule has 96 valence electrons. The SMILES string of the molecule is CSc1nn(C2CCCCO2)c2ncnc(Cl)c12. The van der Waals surface area contributed by atoms with Crippen LogP contribution >= 0.6 is 23.4 Å². The van der Waals surface area contributed by atoms with Crippen LogP contribution in [0.25, 0.3) is 11.0 Å². The van der Waals surface area contributed by atoms with Crippen molar-refractivity contribution in [2.75, 3.05) is 12.9 Å². The lowest BCUT2D eigenvalue weighted by molar-refractivity contribution is -0.0376. The third-order valence-corrected chi connectivity index (χ3v) is 3.99. The molecule has 2 aromatic heterocycles. The molecule has 18 heavy (non-hydrogen) atoms. The second-order valence-electron chi connectivity index (χ2n) is 4.14. The standard InChI is InChI=1S/C11H13ClN4OS/c1-18-11-8-9(12)13-6-14-10(8)16(15-11)7-4-2-3-5-17-7/h6-7H,2-5H2,1H3. The van der Waals surface area contributed by atoms with Crippen molar-refractivity contribution in [3.63, 3.8) is 0 Å². The van der Waals surface area contributed by atoms with Crippen LogP contribution < -0.4 is 0 Å². The molecule has 1 aliphatic rings. The molecule has 1 atom stereocenters. The second-order valence-corrected chi connectivity index (χ2v) is 5.29. The van der Waals surface area contributed by atoms with Crippen LogP contribution in [0.5, 0.6) is 0 Å². The van der Waals surface area contributed by atoms with E-state index in [4.69, 9.17) is 16.3 Å². The highest BCUT2D eigenvalue weighted by molar-refractivity contribution is 7.98. The average molecular weight is 285 g/mol. The van der Waals surface area contributed by atoms with Crippen molar-refractivity contribution in [1.29, 1.82) is 0 Å². The summed E-state index contributed by atoms with van der Waals surface area (Å²) in [5, 5.41) is 6.68. The molecule has 5 nitrogen and oxygen atoms in total. The summed E-state index contributed by atoms with van der Waals surface area (Å²) in [6.07, 6.45) is 6.63. The second kappa shape index (κ2) is 5.03. The number of fused-ring (bicyclic) bond motifs is 1. The van der Waals surface area contributed by atoms with Crippen molar-refractivity contribution < 1.29 is 4.74 Å². The Morgan fingerprint density at radius 1 is 1.44 bits per heavy atom. The Kier molecular flexibility index (Phi) is 3.41. The zero-order chi connectivity index (χ0) is 12.5. The molecule has 3 heterocycles. The normalized spacial score (nSPS) is 20.4. The van der Waals surface area contributed by atoms with E-state index in [1.165, 1.54) is 6.33 Å². The predicted molar refractivity (Wildman–Crippen MR) is 71.0 cm³/mol. The quantitative estimate of drug-likeness (QED) is 0.627. The van der Waals surface area contributed by atoms with Crippen molar-refractivity contribution in [3.8, 4) is 0 Å². The zero-order valence-electron chi connectivity index (χ0n) is 9.97. The van der Waals surface area contributed by atoms with Gasteiger partial charge < -0.3 is 4.74 Å². The first kappa shape index (κ1) is 12.2. The third-order valence-electron chi connectivity index (χ3n) is 3.03. The molecule has 0 saturated carbocycles. The Balaban J connectivity index is 2.14. The zero-order valence-corrected chi connectivity index (χ0v) is 11.5. The Hall–Kier alpha value is -0.850. The number of hydrogen-bond acceptors (Lipinski definition) is 5. The highest BCUT2D eigenvalue weighted by Gasteiger charge is 2.23. The average Bonchev–Trinajstić information content (AvgIpc) is 2.80. The van der Waals surface area contributed by atoms with Gasteiger partial charge >= 0.3 is 0 Å². The summed E-state index contributed by atoms with van der Waals surface area (Å²) in [4.78, 5) is 8.32. The molecule has 2 aromatic rings. The fourth-order valence-electron chi connectivity index (χ4n) is 2.17. The van der Waals surface area contributed by atoms with E-state index in [0.717, 1.165) is 41.9 Å². The van der Waals surface area contributed by atoms with Crippen molar-refractivity contribution >= 4 is 34.4 Å². The maximum atomic E-state index is 6.13. The summed E-state index contributed by atoms with van der Waals surface area (Å²) in [6.45, 7) is 0.777. The maximum Gasteiger partial charge on any atom is 0.166 e. The van der Waals surface area contributed by atoms with Gasteiger partial charge in [-0.1, -0.05) is 11.6 Å². The fourth-order valence-corrected chi connectivity index (χ4v) is 3.00. The van der Waals surface area contributed by atoms with Gasteiger partial charge in [-0.15, -0.1) is 11.8 Å². The molecule has 1 fully saturated rings. The van der Waals surface area contributed by atoms with Crippen molar-refractivity contribution in [2.45, 2.75) is 30.5 Å². The first-order valence-corrected chi connectivity index (χ1v) is 7.46. The molecule has 0 bridgehead atoms. The Morgan fingerprint density at radius 3 is 3.06 bits per heavy atom. The molecular formula is C11H13ClN4OS. The van der Waals surface area contributed by atoms with Gasteiger partial charge in [0.25, 0.3) is 0 Å². The molecule has 1 saturated heterocycles. The Bertz CT molecular complexity index is 567. The lowest BCUT2D eigenvalue weighted by atomic mass is 10.2. The predicted octanol–water partition coefficient (Wildman–Crippen LogP) is 2.90. The lowest BCUT2D eigenvalue weighted by Gasteiger charge is -2.22. The van der Waals surface area contributed by atoms with Crippen LogP contribution in [0, 0.1) is 0 Å². The summed E-state index contributed by atoms with van der Waals surface area (Å²) in [5.41, 5.74) is 0.756. The molecule has 3 rings (SSSR count). The number of ether oxygens (including phenoxy) is 1. The monoisotopic (exact) mass is 284 g/mol. The molecule has 0 aromatic carbocycles. The largest absolute Gasteiger partial charge is 0.356 e. The number of hydrogen-bond donors (Lipinski definition) is 0. The molecular weight excluding hydrogens is 272 g/mol. The smallest absolute Gasteiger partial charge is 0.166 e. The van der Waals surface area contributed by atoms with E-state index >= 15 is 0 Å². The van der Waals surface area contributed by atoms with Crippen LogP contribution in [0.2, 0.25) is 5.15 Å². The van der Waals surface area contributed by atoms with Gasteiger partial charge in [-0.2, -0.15) is 5.10 Å². The topological polar surface area (TPSA) is 52.8 Å². The van der Waals surface area contributed by atoms with Crippen molar-refractivity contribution in [1.82, 2.24) is 19.7 Å². The molecule has 0 N–H and O–H groups in total. The minimum Gasteiger partial charge on any atom is -0.356 e. The Morgan fingerprint density at radius 2 is 2.33 bits per heavy atom. The molecule has 0 spiro atoms. The summed E-state index contributed by atoms with van der Waals surface area (Å²) >= 11 is 7.68. The van der Waals surface area contributed by atoms with Gasteiger partial charge in [0, 0.05) is 6.61 Å². The van der Waals surface area contributed by atoms with Gasteiger partial charge in [0.05, 0.1) is 5.39 Å². The number of thioether (sulfide) groups is 1. The van der Waals surface area contributed by atoms with Crippen LogP contribution in [-0.2, 0) is 4.74 Å². The molecule has 0 amide bonds. The summed E-state index contributed by atoms with van der Waals surface area (Å²) < 4.78 is 7.60. The van der Waals surface area contributed by atoms with Crippen LogP contribution in [0.4, 0.5) is 0 Å². The van der Waals surface area contributed by atoms with Gasteiger partial charge in [-0.05, 0) is 25.5 Å². The van der Waals surface area contributed by atoms with E-state index in [0.29, 0.717) is 5.15 Å². The summed E-state index contributed by atoms with van der Waals surface area (Å²) in [7, 11) is 0. The van der Waals surface area contributed by atoms with Gasteiger partial charge in [0.15, 0.2) is 11.9 Å². The van der Waals surface area contributed by atoms with Crippen LogP contribution in [0.15, 0.2) is 11.4 Å². The highest BCUT2D eigenvalue weighted by Crippen LogP contribution is 2.33. The van der Waals surface area contributed by atoms with Gasteiger partial charge in [-0.3, -0.25) is 0 Å². The number of rotatable bonds is 2. The lowest BCUT2D eigenvalue weighted by Crippen LogP contribution is -2.19. The molecule has 1 unspecified atom stereocenters. The van der Waals surface area contributed by atoms with E-state index in [2.05, 4.69) is 15.1 Å². The summed E-state index contributed by atoms with van der Waals surface area (Å²) in [6, 6.07) is 0. The molecule has 0 radical (unpaired) electrons. The van der Waals surface area contributed by atoms with E-state index in [9.17, 15) is 0 Å². The van der Waals surface area contributed by atoms with Gasteiger partial charge in [-0.25, -0.2) is 14.6 Å². The third kappa shape index (κ3) is 1.98. The number of aromatic nitrogens is 4. The van der Waals surface area contributed by atoms with E-state index in [-0.39, 0.29) is 6.23 Å². The van der Waals surface area contributed by atoms with Gasteiger partial charge in [0.1, 0.15) is 16.5 Å². The van der Waals surface area contributed by atoms with E-state index in [1.54, 1.807) is 11.8 Å². The summed E-state index contributed by atoms with van der Waals surface area (Å²) in [5.74, 6) is 0. The maximum absolute atomic E-state index is 6.13. The van der Waals surface area contributed by atoms with E-state index < -0.39 is 0 Å². The number of halogens is 1. The highest BCUT2D eigenvalue weighted by atomic mass is 35.5. The fraction of sp³-hybridized carbons (Fsp3) is 0.545. The van der Waals surface area contributed by atoms with Crippen molar-refractivity contribution in [2.24, 2.45) is 0 Å². The minimum atomic E-state index is -0.0342. The first-order chi connectivity index (χ1) is 8.81. The van der Waals surface area contributed by atoms with E-state index in [1.807, 2.05) is 10.9 Å². The van der Waals surface area contributed by atoms with Crippen LogP contribution in [-0.4, -0.2) is 32.6 Å². The number of nitrogens with zero attached hydrogens (tertiary/aromatic N) is 4. The first-order valence-electron chi connectivity index (χ1n) is 5.85. The molecule has 1 aliphatic heterocycles. The Labute approximate surface area is 114 Å². The molecule has 7 heteroatoms. The van der Waals surface area contributed by atoms with Crippen LogP contribution in [0.3, 0.4) is 0 Å². The van der Waals surface area contributed by atoms with Crippen molar-refractivity contribution in [3.05, 3.63) is 11.5 Å².